The first-order valence-corrected chi connectivity index (χ1v) is 4.95. The molecule has 0 saturated carbocycles. The number of hydrogen-bond donors (Lipinski definition) is 2. The Hall–Kier alpha value is -0.710. The topological polar surface area (TPSA) is 46.2 Å². The zero-order chi connectivity index (χ0) is 11.4. The fraction of sp³-hybridized carbons (Fsp3) is 0.400. The molecule has 1 aromatic carbocycles. The molecule has 5 heteroatoms. The summed E-state index contributed by atoms with van der Waals surface area (Å²) in [6.07, 6.45) is 0.731. The molecule has 0 aliphatic carbocycles. The second-order valence-electron chi connectivity index (χ2n) is 3.26. The number of aliphatic hydroxyl groups is 1. The Labute approximate surface area is 91.7 Å². The van der Waals surface area contributed by atoms with E-state index in [1.54, 1.807) is 0 Å². The molecule has 0 fully saturated rings. The predicted octanol–water partition coefficient (Wildman–Crippen LogP) is 2.39. The van der Waals surface area contributed by atoms with Gasteiger partial charge in [0.15, 0.2) is 0 Å². The van der Waals surface area contributed by atoms with E-state index in [9.17, 15) is 8.78 Å². The van der Waals surface area contributed by atoms with E-state index >= 15 is 0 Å². The third-order valence-electron chi connectivity index (χ3n) is 2.09. The lowest BCUT2D eigenvalue weighted by Crippen LogP contribution is -2.14. The van der Waals surface area contributed by atoms with Crippen molar-refractivity contribution in [3.63, 3.8) is 0 Å². The van der Waals surface area contributed by atoms with Crippen molar-refractivity contribution in [2.75, 3.05) is 6.61 Å². The minimum Gasteiger partial charge on any atom is -0.396 e. The maximum Gasteiger partial charge on any atom is 0.132 e. The lowest BCUT2D eigenvalue weighted by molar-refractivity contribution is 0.279. The van der Waals surface area contributed by atoms with Crippen LogP contribution in [-0.2, 0) is 0 Å². The highest BCUT2D eigenvalue weighted by atomic mass is 35.5. The van der Waals surface area contributed by atoms with Gasteiger partial charge in [0.2, 0.25) is 0 Å². The molecule has 84 valence electrons. The summed E-state index contributed by atoms with van der Waals surface area (Å²) >= 11 is 5.47. The molecule has 0 heterocycles. The summed E-state index contributed by atoms with van der Waals surface area (Å²) < 4.78 is 26.6. The van der Waals surface area contributed by atoms with Crippen LogP contribution in [0.25, 0.3) is 0 Å². The van der Waals surface area contributed by atoms with Crippen molar-refractivity contribution in [2.24, 2.45) is 5.73 Å². The van der Waals surface area contributed by atoms with Crippen LogP contribution in [0.15, 0.2) is 12.1 Å². The first-order chi connectivity index (χ1) is 7.06. The third-order valence-corrected chi connectivity index (χ3v) is 2.31. The van der Waals surface area contributed by atoms with Crippen LogP contribution in [0.5, 0.6) is 0 Å². The number of aliphatic hydroxyl groups excluding tert-OH is 1. The Morgan fingerprint density at radius 2 is 1.87 bits per heavy atom. The molecule has 1 atom stereocenters. The molecule has 0 unspecified atom stereocenters. The van der Waals surface area contributed by atoms with Crippen LogP contribution >= 0.6 is 11.6 Å². The molecule has 3 N–H and O–H groups in total. The van der Waals surface area contributed by atoms with Crippen LogP contribution in [-0.4, -0.2) is 11.7 Å². The summed E-state index contributed by atoms with van der Waals surface area (Å²) in [5, 5.41) is 8.58. The molecule has 0 bridgehead atoms. The highest BCUT2D eigenvalue weighted by Gasteiger charge is 2.17. The van der Waals surface area contributed by atoms with Gasteiger partial charge in [-0.25, -0.2) is 8.78 Å². The normalized spacial score (nSPS) is 12.9. The SMILES string of the molecule is N[C@@H](CCCO)c1c(F)cc(Cl)cc1F. The van der Waals surface area contributed by atoms with E-state index in [1.165, 1.54) is 0 Å². The highest BCUT2D eigenvalue weighted by molar-refractivity contribution is 6.30. The van der Waals surface area contributed by atoms with E-state index in [0.717, 1.165) is 12.1 Å². The fourth-order valence-electron chi connectivity index (χ4n) is 1.36. The minimum absolute atomic E-state index is 0.00288. The van der Waals surface area contributed by atoms with E-state index in [1.807, 2.05) is 0 Å². The van der Waals surface area contributed by atoms with Gasteiger partial charge >= 0.3 is 0 Å². The van der Waals surface area contributed by atoms with Crippen LogP contribution in [0.2, 0.25) is 5.02 Å². The maximum atomic E-state index is 13.3. The molecule has 0 saturated heterocycles. The van der Waals surface area contributed by atoms with Gasteiger partial charge in [0.1, 0.15) is 11.6 Å². The quantitative estimate of drug-likeness (QED) is 0.842. The average Bonchev–Trinajstić information content (AvgIpc) is 2.12. The molecule has 1 aromatic rings. The molecule has 0 aromatic heterocycles. The summed E-state index contributed by atoms with van der Waals surface area (Å²) in [5.74, 6) is -1.49. The van der Waals surface area contributed by atoms with Crippen molar-refractivity contribution in [2.45, 2.75) is 18.9 Å². The standard InChI is InChI=1S/C10H12ClF2NO/c11-6-4-7(12)10(8(13)5-6)9(14)2-1-3-15/h4-5,9,15H,1-3,14H2/t9-/m0/s1. The van der Waals surface area contributed by atoms with Crippen LogP contribution < -0.4 is 5.73 Å². The monoisotopic (exact) mass is 235 g/mol. The van der Waals surface area contributed by atoms with Crippen LogP contribution in [0, 0.1) is 11.6 Å². The summed E-state index contributed by atoms with van der Waals surface area (Å²) in [6, 6.07) is 1.30. The molecule has 2 nitrogen and oxygen atoms in total. The van der Waals surface area contributed by atoms with Gasteiger partial charge in [0, 0.05) is 23.2 Å². The number of halogens is 3. The molecular formula is C10H12ClF2NO. The maximum absolute atomic E-state index is 13.3. The molecule has 1 rings (SSSR count). The van der Waals surface area contributed by atoms with E-state index in [4.69, 9.17) is 22.4 Å². The third kappa shape index (κ3) is 3.12. The van der Waals surface area contributed by atoms with Gasteiger partial charge in [0.05, 0.1) is 0 Å². The van der Waals surface area contributed by atoms with E-state index in [2.05, 4.69) is 0 Å². The van der Waals surface area contributed by atoms with Crippen LogP contribution in [0.3, 0.4) is 0 Å². The Balaban J connectivity index is 2.92. The summed E-state index contributed by atoms with van der Waals surface area (Å²) in [6.45, 7) is -0.0511. The number of rotatable bonds is 4. The molecule has 0 aliphatic heterocycles. The molecule has 0 amide bonds. The van der Waals surface area contributed by atoms with Crippen molar-refractivity contribution in [3.05, 3.63) is 34.4 Å². The Morgan fingerprint density at radius 1 is 1.33 bits per heavy atom. The van der Waals surface area contributed by atoms with Crippen LogP contribution in [0.1, 0.15) is 24.4 Å². The van der Waals surface area contributed by atoms with Crippen LogP contribution in [0.4, 0.5) is 8.78 Å². The van der Waals surface area contributed by atoms with Gasteiger partial charge in [-0.1, -0.05) is 11.6 Å². The van der Waals surface area contributed by atoms with E-state index in [0.29, 0.717) is 12.8 Å². The number of benzene rings is 1. The number of nitrogens with two attached hydrogens (primary N) is 1. The molecule has 0 radical (unpaired) electrons. The van der Waals surface area contributed by atoms with Crippen molar-refractivity contribution < 1.29 is 13.9 Å². The van der Waals surface area contributed by atoms with E-state index in [-0.39, 0.29) is 17.2 Å². The predicted molar refractivity (Wildman–Crippen MR) is 54.6 cm³/mol. The van der Waals surface area contributed by atoms with Crippen molar-refractivity contribution in [1.29, 1.82) is 0 Å². The van der Waals surface area contributed by atoms with Gasteiger partial charge < -0.3 is 10.8 Å². The van der Waals surface area contributed by atoms with E-state index < -0.39 is 17.7 Å². The van der Waals surface area contributed by atoms with Crippen molar-refractivity contribution >= 4 is 11.6 Å². The van der Waals surface area contributed by atoms with Crippen molar-refractivity contribution in [3.8, 4) is 0 Å². The summed E-state index contributed by atoms with van der Waals surface area (Å²) in [5.41, 5.74) is 5.43. The Bertz CT molecular complexity index is 323. The molecule has 0 spiro atoms. The van der Waals surface area contributed by atoms with Gasteiger partial charge in [-0.15, -0.1) is 0 Å². The fourth-order valence-corrected chi connectivity index (χ4v) is 1.55. The highest BCUT2D eigenvalue weighted by Crippen LogP contribution is 2.25. The lowest BCUT2D eigenvalue weighted by Gasteiger charge is -2.13. The van der Waals surface area contributed by atoms with Gasteiger partial charge in [-0.2, -0.15) is 0 Å². The van der Waals surface area contributed by atoms with Gasteiger partial charge in [-0.05, 0) is 25.0 Å². The first-order valence-electron chi connectivity index (χ1n) is 4.57. The number of hydrogen-bond acceptors (Lipinski definition) is 2. The van der Waals surface area contributed by atoms with Crippen molar-refractivity contribution in [1.82, 2.24) is 0 Å². The average molecular weight is 236 g/mol. The molecule has 15 heavy (non-hydrogen) atoms. The Morgan fingerprint density at radius 3 is 2.33 bits per heavy atom. The second-order valence-corrected chi connectivity index (χ2v) is 3.69. The first kappa shape index (κ1) is 12.4. The van der Waals surface area contributed by atoms with Gasteiger partial charge in [0.25, 0.3) is 0 Å². The molecular weight excluding hydrogens is 224 g/mol. The largest absolute Gasteiger partial charge is 0.396 e. The summed E-state index contributed by atoms with van der Waals surface area (Å²) in [4.78, 5) is 0. The molecule has 0 aliphatic rings. The smallest absolute Gasteiger partial charge is 0.132 e. The lowest BCUT2D eigenvalue weighted by atomic mass is 10.0. The van der Waals surface area contributed by atoms with Gasteiger partial charge in [-0.3, -0.25) is 0 Å². The zero-order valence-electron chi connectivity index (χ0n) is 8.01. The Kier molecular flexibility index (Phi) is 4.45. The minimum atomic E-state index is -0.755. The zero-order valence-corrected chi connectivity index (χ0v) is 8.77. The second kappa shape index (κ2) is 5.39. The summed E-state index contributed by atoms with van der Waals surface area (Å²) in [7, 11) is 0.